The molecule has 0 aliphatic rings. The van der Waals surface area contributed by atoms with Gasteiger partial charge in [0, 0.05) is 17.4 Å². The highest BCUT2D eigenvalue weighted by Crippen LogP contribution is 2.19. The summed E-state index contributed by atoms with van der Waals surface area (Å²) in [4.78, 5) is 7.28. The first kappa shape index (κ1) is 10.7. The van der Waals surface area contributed by atoms with Crippen molar-refractivity contribution in [3.05, 3.63) is 54.5 Å². The second-order valence-electron chi connectivity index (χ2n) is 4.12. The lowest BCUT2D eigenvalue weighted by Crippen LogP contribution is -1.95. The van der Waals surface area contributed by atoms with E-state index in [-0.39, 0.29) is 0 Å². The standard InChI is InChI=1S/C14H13N3O/c15-11-4-3-10-6-12(17-14(10)7-11)9-18-13-2-1-5-16-8-13/h1-8,17H,9,15H2. The molecule has 18 heavy (non-hydrogen) atoms. The molecule has 1 aromatic carbocycles. The number of fused-ring (bicyclic) bond motifs is 1. The maximum absolute atomic E-state index is 5.74. The number of ether oxygens (including phenoxy) is 1. The fraction of sp³-hybridized carbons (Fsp3) is 0.0714. The number of hydrogen-bond donors (Lipinski definition) is 2. The van der Waals surface area contributed by atoms with Crippen molar-refractivity contribution in [2.24, 2.45) is 0 Å². The van der Waals surface area contributed by atoms with Gasteiger partial charge in [0.25, 0.3) is 0 Å². The Labute approximate surface area is 104 Å². The molecule has 2 heterocycles. The van der Waals surface area contributed by atoms with Gasteiger partial charge in [0.1, 0.15) is 12.4 Å². The van der Waals surface area contributed by atoms with Gasteiger partial charge in [-0.2, -0.15) is 0 Å². The van der Waals surface area contributed by atoms with E-state index in [1.165, 1.54) is 0 Å². The van der Waals surface area contributed by atoms with Crippen molar-refractivity contribution < 1.29 is 4.74 Å². The molecule has 0 aliphatic carbocycles. The van der Waals surface area contributed by atoms with Crippen molar-refractivity contribution in [3.8, 4) is 5.75 Å². The molecular weight excluding hydrogens is 226 g/mol. The summed E-state index contributed by atoms with van der Waals surface area (Å²) < 4.78 is 5.63. The Kier molecular flexibility index (Phi) is 2.61. The van der Waals surface area contributed by atoms with Crippen LogP contribution in [0, 0.1) is 0 Å². The first-order valence-electron chi connectivity index (χ1n) is 5.71. The second kappa shape index (κ2) is 4.41. The predicted molar refractivity (Wildman–Crippen MR) is 71.3 cm³/mol. The molecule has 3 rings (SSSR count). The molecule has 4 nitrogen and oxygen atoms in total. The molecule has 90 valence electrons. The molecule has 0 amide bonds. The lowest BCUT2D eigenvalue weighted by Gasteiger charge is -2.02. The zero-order chi connectivity index (χ0) is 12.4. The number of aromatic amines is 1. The fourth-order valence-corrected chi connectivity index (χ4v) is 1.88. The summed E-state index contributed by atoms with van der Waals surface area (Å²) in [7, 11) is 0. The van der Waals surface area contributed by atoms with Crippen LogP contribution in [-0.4, -0.2) is 9.97 Å². The third-order valence-electron chi connectivity index (χ3n) is 2.73. The van der Waals surface area contributed by atoms with Crippen LogP contribution in [0.1, 0.15) is 5.69 Å². The number of rotatable bonds is 3. The van der Waals surface area contributed by atoms with Crippen LogP contribution >= 0.6 is 0 Å². The molecule has 0 saturated heterocycles. The molecule has 0 atom stereocenters. The highest BCUT2D eigenvalue weighted by atomic mass is 16.5. The van der Waals surface area contributed by atoms with Crippen LogP contribution in [0.5, 0.6) is 5.75 Å². The van der Waals surface area contributed by atoms with Crippen LogP contribution in [0.4, 0.5) is 5.69 Å². The minimum atomic E-state index is 0.486. The highest BCUT2D eigenvalue weighted by Gasteiger charge is 2.02. The van der Waals surface area contributed by atoms with Gasteiger partial charge in [-0.15, -0.1) is 0 Å². The van der Waals surface area contributed by atoms with Gasteiger partial charge in [0.2, 0.25) is 0 Å². The highest BCUT2D eigenvalue weighted by molar-refractivity contribution is 5.83. The molecule has 0 saturated carbocycles. The van der Waals surface area contributed by atoms with Gasteiger partial charge in [-0.3, -0.25) is 4.98 Å². The van der Waals surface area contributed by atoms with E-state index in [9.17, 15) is 0 Å². The molecular formula is C14H13N3O. The number of H-pyrrole nitrogens is 1. The SMILES string of the molecule is Nc1ccc2cc(COc3cccnc3)[nH]c2c1. The second-order valence-corrected chi connectivity index (χ2v) is 4.12. The maximum Gasteiger partial charge on any atom is 0.138 e. The Morgan fingerprint density at radius 3 is 3.00 bits per heavy atom. The normalized spacial score (nSPS) is 10.7. The maximum atomic E-state index is 5.74. The van der Waals surface area contributed by atoms with Crippen molar-refractivity contribution in [3.63, 3.8) is 0 Å². The number of anilines is 1. The molecule has 2 aromatic heterocycles. The Hall–Kier alpha value is -2.49. The summed E-state index contributed by atoms with van der Waals surface area (Å²) in [5.41, 5.74) is 8.53. The topological polar surface area (TPSA) is 63.9 Å². The number of pyridine rings is 1. The minimum Gasteiger partial charge on any atom is -0.486 e. The van der Waals surface area contributed by atoms with Gasteiger partial charge >= 0.3 is 0 Å². The zero-order valence-corrected chi connectivity index (χ0v) is 9.76. The molecule has 4 heteroatoms. The molecule has 0 unspecified atom stereocenters. The summed E-state index contributed by atoms with van der Waals surface area (Å²) in [5.74, 6) is 0.760. The van der Waals surface area contributed by atoms with E-state index in [1.54, 1.807) is 12.4 Å². The Morgan fingerprint density at radius 2 is 2.17 bits per heavy atom. The van der Waals surface area contributed by atoms with E-state index in [0.717, 1.165) is 28.0 Å². The van der Waals surface area contributed by atoms with E-state index >= 15 is 0 Å². The molecule has 0 radical (unpaired) electrons. The van der Waals surface area contributed by atoms with Crippen LogP contribution < -0.4 is 10.5 Å². The third kappa shape index (κ3) is 2.13. The summed E-state index contributed by atoms with van der Waals surface area (Å²) in [6.45, 7) is 0.486. The average molecular weight is 239 g/mol. The van der Waals surface area contributed by atoms with Gasteiger partial charge < -0.3 is 15.5 Å². The average Bonchev–Trinajstić information content (AvgIpc) is 2.79. The summed E-state index contributed by atoms with van der Waals surface area (Å²) in [6, 6.07) is 11.6. The van der Waals surface area contributed by atoms with Crippen LogP contribution in [0.25, 0.3) is 10.9 Å². The number of nitrogens with zero attached hydrogens (tertiary/aromatic N) is 1. The number of nitrogens with one attached hydrogen (secondary N) is 1. The van der Waals surface area contributed by atoms with E-state index in [2.05, 4.69) is 16.0 Å². The first-order chi connectivity index (χ1) is 8.81. The minimum absolute atomic E-state index is 0.486. The van der Waals surface area contributed by atoms with Crippen molar-refractivity contribution in [2.45, 2.75) is 6.61 Å². The Bertz CT molecular complexity index is 661. The van der Waals surface area contributed by atoms with Crippen molar-refractivity contribution in [2.75, 3.05) is 5.73 Å². The number of nitrogens with two attached hydrogens (primary N) is 1. The van der Waals surface area contributed by atoms with Crippen LogP contribution in [-0.2, 0) is 6.61 Å². The lowest BCUT2D eigenvalue weighted by molar-refractivity contribution is 0.301. The molecule has 0 spiro atoms. The van der Waals surface area contributed by atoms with Gasteiger partial charge in [-0.1, -0.05) is 6.07 Å². The lowest BCUT2D eigenvalue weighted by atomic mass is 10.2. The van der Waals surface area contributed by atoms with Gasteiger partial charge in [0.05, 0.1) is 11.9 Å². The summed E-state index contributed by atoms with van der Waals surface area (Å²) in [5, 5.41) is 1.13. The number of aromatic nitrogens is 2. The molecule has 3 aromatic rings. The van der Waals surface area contributed by atoms with E-state index in [1.807, 2.05) is 30.3 Å². The van der Waals surface area contributed by atoms with Gasteiger partial charge in [0.15, 0.2) is 0 Å². The molecule has 0 bridgehead atoms. The number of hydrogen-bond acceptors (Lipinski definition) is 3. The van der Waals surface area contributed by atoms with E-state index in [0.29, 0.717) is 6.61 Å². The van der Waals surface area contributed by atoms with Crippen molar-refractivity contribution in [1.82, 2.24) is 9.97 Å². The monoisotopic (exact) mass is 239 g/mol. The van der Waals surface area contributed by atoms with Crippen LogP contribution in [0.3, 0.4) is 0 Å². The van der Waals surface area contributed by atoms with E-state index in [4.69, 9.17) is 10.5 Å². The first-order valence-corrected chi connectivity index (χ1v) is 5.71. The van der Waals surface area contributed by atoms with Crippen LogP contribution in [0.2, 0.25) is 0 Å². The van der Waals surface area contributed by atoms with E-state index < -0.39 is 0 Å². The zero-order valence-electron chi connectivity index (χ0n) is 9.76. The number of nitrogen functional groups attached to an aromatic ring is 1. The Morgan fingerprint density at radius 1 is 1.22 bits per heavy atom. The molecule has 0 fully saturated rings. The largest absolute Gasteiger partial charge is 0.486 e. The summed E-state index contributed by atoms with van der Waals surface area (Å²) in [6.07, 6.45) is 3.42. The third-order valence-corrected chi connectivity index (χ3v) is 2.73. The molecule has 0 aliphatic heterocycles. The van der Waals surface area contributed by atoms with Gasteiger partial charge in [-0.05, 0) is 35.7 Å². The van der Waals surface area contributed by atoms with Crippen molar-refractivity contribution in [1.29, 1.82) is 0 Å². The summed E-state index contributed by atoms with van der Waals surface area (Å²) >= 11 is 0. The van der Waals surface area contributed by atoms with Gasteiger partial charge in [-0.25, -0.2) is 0 Å². The number of benzene rings is 1. The Balaban J connectivity index is 1.79. The predicted octanol–water partition coefficient (Wildman–Crippen LogP) is 2.72. The fourth-order valence-electron chi connectivity index (χ4n) is 1.88. The van der Waals surface area contributed by atoms with Crippen molar-refractivity contribution >= 4 is 16.6 Å². The van der Waals surface area contributed by atoms with Crippen LogP contribution in [0.15, 0.2) is 48.8 Å². The molecule has 3 N–H and O–H groups in total. The quantitative estimate of drug-likeness (QED) is 0.691. The smallest absolute Gasteiger partial charge is 0.138 e.